The smallest absolute Gasteiger partial charge is 0.337 e. The molecule has 0 amide bonds. The fourth-order valence-corrected chi connectivity index (χ4v) is 2.77. The van der Waals surface area contributed by atoms with Crippen molar-refractivity contribution in [3.63, 3.8) is 0 Å². The van der Waals surface area contributed by atoms with Gasteiger partial charge in [0, 0.05) is 12.8 Å². The van der Waals surface area contributed by atoms with Crippen molar-refractivity contribution in [3.05, 3.63) is 47.2 Å². The lowest BCUT2D eigenvalue weighted by Gasteiger charge is -2.21. The molecule has 0 unspecified atom stereocenters. The van der Waals surface area contributed by atoms with Crippen LogP contribution in [0.3, 0.4) is 0 Å². The monoisotopic (exact) mass is 346 g/mol. The summed E-state index contributed by atoms with van der Waals surface area (Å²) in [6.07, 6.45) is 2.71. The SMILES string of the molecule is C/C(C(=O)OC(C)(C)C)=C1\CC[C@H](C[C@@H](C)OCc2ccccc2)O1. The Morgan fingerprint density at radius 1 is 1.28 bits per heavy atom. The van der Waals surface area contributed by atoms with E-state index in [1.807, 2.05) is 39.0 Å². The van der Waals surface area contributed by atoms with Crippen molar-refractivity contribution in [2.75, 3.05) is 0 Å². The highest BCUT2D eigenvalue weighted by Gasteiger charge is 2.28. The lowest BCUT2D eigenvalue weighted by molar-refractivity contribution is -0.150. The molecule has 0 saturated carbocycles. The summed E-state index contributed by atoms with van der Waals surface area (Å²) >= 11 is 0. The van der Waals surface area contributed by atoms with Crippen molar-refractivity contribution in [1.82, 2.24) is 0 Å². The van der Waals surface area contributed by atoms with Crippen LogP contribution >= 0.6 is 0 Å². The average molecular weight is 346 g/mol. The Kier molecular flexibility index (Phi) is 6.65. The van der Waals surface area contributed by atoms with Crippen molar-refractivity contribution in [3.8, 4) is 0 Å². The van der Waals surface area contributed by atoms with Crippen molar-refractivity contribution in [2.45, 2.75) is 78.3 Å². The minimum Gasteiger partial charge on any atom is -0.494 e. The lowest BCUT2D eigenvalue weighted by atomic mass is 10.1. The van der Waals surface area contributed by atoms with Gasteiger partial charge in [0.25, 0.3) is 0 Å². The third-order valence-corrected chi connectivity index (χ3v) is 4.10. The maximum Gasteiger partial charge on any atom is 0.337 e. The molecule has 1 aromatic rings. The molecule has 1 aliphatic heterocycles. The van der Waals surface area contributed by atoms with Crippen LogP contribution < -0.4 is 0 Å². The van der Waals surface area contributed by atoms with E-state index >= 15 is 0 Å². The van der Waals surface area contributed by atoms with Gasteiger partial charge in [-0.05, 0) is 46.6 Å². The second-order valence-corrected chi connectivity index (χ2v) is 7.67. The van der Waals surface area contributed by atoms with E-state index in [0.717, 1.165) is 25.0 Å². The fourth-order valence-electron chi connectivity index (χ4n) is 2.77. The van der Waals surface area contributed by atoms with Crippen LogP contribution in [0.4, 0.5) is 0 Å². The van der Waals surface area contributed by atoms with Crippen LogP contribution in [0, 0.1) is 0 Å². The molecule has 1 aliphatic rings. The zero-order valence-electron chi connectivity index (χ0n) is 16.0. The molecule has 1 aromatic carbocycles. The molecule has 0 N–H and O–H groups in total. The molecule has 2 atom stereocenters. The standard InChI is InChI=1S/C21H30O4/c1-15(23-14-17-9-7-6-8-10-17)13-18-11-12-19(24-18)16(2)20(22)25-21(3,4)5/h6-10,15,18H,11-14H2,1-5H3/b19-16-/t15-,18-/m1/s1. The molecule has 1 fully saturated rings. The highest BCUT2D eigenvalue weighted by molar-refractivity contribution is 5.88. The Bertz CT molecular complexity index is 598. The van der Waals surface area contributed by atoms with Crippen LogP contribution in [0.5, 0.6) is 0 Å². The summed E-state index contributed by atoms with van der Waals surface area (Å²) < 4.78 is 17.3. The Morgan fingerprint density at radius 3 is 2.60 bits per heavy atom. The van der Waals surface area contributed by atoms with E-state index in [-0.39, 0.29) is 18.2 Å². The van der Waals surface area contributed by atoms with Crippen LogP contribution in [-0.4, -0.2) is 23.8 Å². The largest absolute Gasteiger partial charge is 0.494 e. The van der Waals surface area contributed by atoms with Gasteiger partial charge in [-0.2, -0.15) is 0 Å². The third kappa shape index (κ3) is 6.54. The molecule has 0 aromatic heterocycles. The Hall–Kier alpha value is -1.81. The average Bonchev–Trinajstić information content (AvgIpc) is 3.00. The van der Waals surface area contributed by atoms with Gasteiger partial charge in [0.1, 0.15) is 17.5 Å². The van der Waals surface area contributed by atoms with Crippen LogP contribution in [0.2, 0.25) is 0 Å². The number of hydrogen-bond acceptors (Lipinski definition) is 4. The van der Waals surface area contributed by atoms with Gasteiger partial charge in [-0.1, -0.05) is 30.3 Å². The van der Waals surface area contributed by atoms with E-state index in [4.69, 9.17) is 14.2 Å². The normalized spacial score (nSPS) is 20.8. The van der Waals surface area contributed by atoms with E-state index in [2.05, 4.69) is 19.1 Å². The number of carbonyl (C=O) groups is 1. The van der Waals surface area contributed by atoms with E-state index in [1.54, 1.807) is 6.92 Å². The van der Waals surface area contributed by atoms with Gasteiger partial charge in [-0.3, -0.25) is 0 Å². The first-order chi connectivity index (χ1) is 11.7. The van der Waals surface area contributed by atoms with Crippen molar-refractivity contribution in [1.29, 1.82) is 0 Å². The summed E-state index contributed by atoms with van der Waals surface area (Å²) in [6.45, 7) is 10.1. The van der Waals surface area contributed by atoms with Gasteiger partial charge in [0.15, 0.2) is 0 Å². The first-order valence-electron chi connectivity index (χ1n) is 9.00. The minimum absolute atomic E-state index is 0.0955. The van der Waals surface area contributed by atoms with E-state index in [9.17, 15) is 4.79 Å². The lowest BCUT2D eigenvalue weighted by Crippen LogP contribution is -2.25. The number of hydrogen-bond donors (Lipinski definition) is 0. The van der Waals surface area contributed by atoms with Gasteiger partial charge in [-0.15, -0.1) is 0 Å². The fraction of sp³-hybridized carbons (Fsp3) is 0.571. The van der Waals surface area contributed by atoms with Crippen LogP contribution in [0.1, 0.15) is 59.4 Å². The summed E-state index contributed by atoms with van der Waals surface area (Å²) in [5, 5.41) is 0. The molecule has 4 nitrogen and oxygen atoms in total. The molecule has 0 aliphatic carbocycles. The number of carbonyl (C=O) groups excluding carboxylic acids is 1. The summed E-state index contributed by atoms with van der Waals surface area (Å²) in [7, 11) is 0. The predicted molar refractivity (Wildman–Crippen MR) is 98.0 cm³/mol. The van der Waals surface area contributed by atoms with Crippen molar-refractivity contribution >= 4 is 5.97 Å². The Morgan fingerprint density at radius 2 is 1.96 bits per heavy atom. The minimum atomic E-state index is -0.489. The van der Waals surface area contributed by atoms with Crippen LogP contribution in [-0.2, 0) is 25.6 Å². The first-order valence-corrected chi connectivity index (χ1v) is 9.00. The van der Waals surface area contributed by atoms with Gasteiger partial charge < -0.3 is 14.2 Å². The molecule has 138 valence electrons. The maximum absolute atomic E-state index is 12.1. The zero-order valence-corrected chi connectivity index (χ0v) is 16.0. The molecule has 0 spiro atoms. The van der Waals surface area contributed by atoms with Crippen molar-refractivity contribution in [2.24, 2.45) is 0 Å². The quantitative estimate of drug-likeness (QED) is 0.549. The van der Waals surface area contributed by atoms with E-state index < -0.39 is 5.60 Å². The molecule has 1 saturated heterocycles. The molecule has 1 heterocycles. The molecular formula is C21H30O4. The van der Waals surface area contributed by atoms with Crippen molar-refractivity contribution < 1.29 is 19.0 Å². The van der Waals surface area contributed by atoms with Gasteiger partial charge in [0.2, 0.25) is 0 Å². The van der Waals surface area contributed by atoms with Gasteiger partial charge in [-0.25, -0.2) is 4.79 Å². The van der Waals surface area contributed by atoms with Gasteiger partial charge in [0.05, 0.1) is 18.3 Å². The Labute approximate surface area is 151 Å². The highest BCUT2D eigenvalue weighted by Crippen LogP contribution is 2.30. The maximum atomic E-state index is 12.1. The molecule has 2 rings (SSSR count). The summed E-state index contributed by atoms with van der Waals surface area (Å²) in [6, 6.07) is 10.1. The second kappa shape index (κ2) is 8.52. The van der Waals surface area contributed by atoms with E-state index in [0.29, 0.717) is 12.2 Å². The van der Waals surface area contributed by atoms with Gasteiger partial charge >= 0.3 is 5.97 Å². The number of benzene rings is 1. The summed E-state index contributed by atoms with van der Waals surface area (Å²) in [5.74, 6) is 0.464. The topological polar surface area (TPSA) is 44.8 Å². The second-order valence-electron chi connectivity index (χ2n) is 7.67. The number of esters is 1. The number of rotatable bonds is 6. The summed E-state index contributed by atoms with van der Waals surface area (Å²) in [4.78, 5) is 12.1. The molecule has 4 heteroatoms. The number of ether oxygens (including phenoxy) is 3. The third-order valence-electron chi connectivity index (χ3n) is 4.10. The first kappa shape index (κ1) is 19.5. The predicted octanol–water partition coefficient (Wildman–Crippen LogP) is 4.78. The molecule has 0 radical (unpaired) electrons. The summed E-state index contributed by atoms with van der Waals surface area (Å²) in [5.41, 5.74) is 1.26. The highest BCUT2D eigenvalue weighted by atomic mass is 16.6. The van der Waals surface area contributed by atoms with Crippen LogP contribution in [0.15, 0.2) is 41.7 Å². The molecular weight excluding hydrogens is 316 g/mol. The Balaban J connectivity index is 1.81. The molecule has 0 bridgehead atoms. The van der Waals surface area contributed by atoms with Crippen LogP contribution in [0.25, 0.3) is 0 Å². The number of allylic oxidation sites excluding steroid dienone is 1. The van der Waals surface area contributed by atoms with E-state index in [1.165, 1.54) is 5.56 Å². The zero-order chi connectivity index (χ0) is 18.4. The molecule has 25 heavy (non-hydrogen) atoms.